The molecule has 2 amide bonds. The SMILES string of the molecule is CCOc1cc(/C=C/C(=O)OCC(=O)N2CCC(C(N)=O)CC2)ccc1OC. The van der Waals surface area contributed by atoms with Crippen molar-refractivity contribution >= 4 is 23.9 Å². The molecule has 1 saturated heterocycles. The molecule has 1 heterocycles. The number of likely N-dealkylation sites (tertiary alicyclic amines) is 1. The van der Waals surface area contributed by atoms with Gasteiger partial charge in [-0.1, -0.05) is 6.07 Å². The van der Waals surface area contributed by atoms with E-state index in [4.69, 9.17) is 19.9 Å². The molecule has 2 N–H and O–H groups in total. The summed E-state index contributed by atoms with van der Waals surface area (Å²) in [6.07, 6.45) is 3.90. The molecule has 0 atom stereocenters. The number of carbonyl (C=O) groups is 3. The van der Waals surface area contributed by atoms with Gasteiger partial charge in [-0.2, -0.15) is 0 Å². The average Bonchev–Trinajstić information content (AvgIpc) is 2.71. The van der Waals surface area contributed by atoms with Crippen molar-refractivity contribution in [3.05, 3.63) is 29.8 Å². The quantitative estimate of drug-likeness (QED) is 0.531. The number of methoxy groups -OCH3 is 1. The predicted octanol–water partition coefficient (Wildman–Crippen LogP) is 1.37. The molecule has 1 fully saturated rings. The van der Waals surface area contributed by atoms with Crippen molar-refractivity contribution in [2.45, 2.75) is 19.8 Å². The fraction of sp³-hybridized carbons (Fsp3) is 0.450. The Hall–Kier alpha value is -3.03. The van der Waals surface area contributed by atoms with Crippen LogP contribution in [-0.4, -0.2) is 56.1 Å². The van der Waals surface area contributed by atoms with Crippen molar-refractivity contribution in [3.8, 4) is 11.5 Å². The molecule has 0 unspecified atom stereocenters. The summed E-state index contributed by atoms with van der Waals surface area (Å²) in [6.45, 7) is 2.89. The molecule has 0 radical (unpaired) electrons. The highest BCUT2D eigenvalue weighted by molar-refractivity contribution is 5.89. The Morgan fingerprint density at radius 1 is 1.21 bits per heavy atom. The number of esters is 1. The number of amides is 2. The second kappa shape index (κ2) is 10.3. The Morgan fingerprint density at radius 3 is 2.54 bits per heavy atom. The van der Waals surface area contributed by atoms with E-state index in [-0.39, 0.29) is 24.3 Å². The maximum absolute atomic E-state index is 12.1. The number of hydrogen-bond acceptors (Lipinski definition) is 6. The molecule has 8 nitrogen and oxygen atoms in total. The van der Waals surface area contributed by atoms with Gasteiger partial charge in [-0.3, -0.25) is 9.59 Å². The normalized spacial score (nSPS) is 14.7. The molecule has 0 bridgehead atoms. The van der Waals surface area contributed by atoms with Gasteiger partial charge in [-0.05, 0) is 43.5 Å². The van der Waals surface area contributed by atoms with Crippen LogP contribution in [0.3, 0.4) is 0 Å². The minimum absolute atomic E-state index is 0.194. The van der Waals surface area contributed by atoms with Crippen LogP contribution in [0, 0.1) is 5.92 Å². The van der Waals surface area contributed by atoms with Gasteiger partial charge in [0, 0.05) is 25.1 Å². The van der Waals surface area contributed by atoms with Crippen molar-refractivity contribution in [1.29, 1.82) is 0 Å². The van der Waals surface area contributed by atoms with Gasteiger partial charge in [-0.15, -0.1) is 0 Å². The van der Waals surface area contributed by atoms with Gasteiger partial charge in [-0.25, -0.2) is 4.79 Å². The summed E-state index contributed by atoms with van der Waals surface area (Å²) < 4.78 is 15.7. The molecule has 1 aromatic rings. The minimum atomic E-state index is -0.617. The van der Waals surface area contributed by atoms with E-state index in [0.29, 0.717) is 44.0 Å². The molecule has 8 heteroatoms. The van der Waals surface area contributed by atoms with Crippen LogP contribution in [0.1, 0.15) is 25.3 Å². The molecule has 0 aliphatic carbocycles. The van der Waals surface area contributed by atoms with Crippen molar-refractivity contribution in [3.63, 3.8) is 0 Å². The zero-order chi connectivity index (χ0) is 20.5. The Labute approximate surface area is 164 Å². The summed E-state index contributed by atoms with van der Waals surface area (Å²) in [5, 5.41) is 0. The van der Waals surface area contributed by atoms with Crippen molar-refractivity contribution in [1.82, 2.24) is 4.90 Å². The van der Waals surface area contributed by atoms with Crippen molar-refractivity contribution in [2.75, 3.05) is 33.4 Å². The van der Waals surface area contributed by atoms with Gasteiger partial charge in [0.1, 0.15) is 0 Å². The maximum Gasteiger partial charge on any atom is 0.331 e. The Balaban J connectivity index is 1.83. The lowest BCUT2D eigenvalue weighted by molar-refractivity contribution is -0.149. The lowest BCUT2D eigenvalue weighted by Crippen LogP contribution is -2.43. The van der Waals surface area contributed by atoms with Crippen LogP contribution in [-0.2, 0) is 19.1 Å². The second-order valence-electron chi connectivity index (χ2n) is 6.34. The number of rotatable bonds is 8. The van der Waals surface area contributed by atoms with Crippen molar-refractivity contribution in [2.24, 2.45) is 11.7 Å². The van der Waals surface area contributed by atoms with E-state index in [0.717, 1.165) is 5.56 Å². The van der Waals surface area contributed by atoms with Gasteiger partial charge < -0.3 is 24.8 Å². The molecule has 28 heavy (non-hydrogen) atoms. The van der Waals surface area contributed by atoms with Gasteiger partial charge in [0.05, 0.1) is 13.7 Å². The monoisotopic (exact) mass is 390 g/mol. The van der Waals surface area contributed by atoms with E-state index in [9.17, 15) is 14.4 Å². The maximum atomic E-state index is 12.1. The van der Waals surface area contributed by atoms with E-state index < -0.39 is 5.97 Å². The van der Waals surface area contributed by atoms with E-state index in [1.54, 1.807) is 36.3 Å². The first-order valence-corrected chi connectivity index (χ1v) is 9.17. The molecule has 152 valence electrons. The molecular weight excluding hydrogens is 364 g/mol. The number of benzene rings is 1. The smallest absolute Gasteiger partial charge is 0.331 e. The predicted molar refractivity (Wildman–Crippen MR) is 103 cm³/mol. The van der Waals surface area contributed by atoms with E-state index in [1.807, 2.05) is 6.92 Å². The first kappa shape index (κ1) is 21.3. The molecule has 1 aromatic carbocycles. The molecule has 0 spiro atoms. The largest absolute Gasteiger partial charge is 0.493 e. The summed E-state index contributed by atoms with van der Waals surface area (Å²) in [7, 11) is 1.55. The van der Waals surface area contributed by atoms with Crippen molar-refractivity contribution < 1.29 is 28.6 Å². The zero-order valence-electron chi connectivity index (χ0n) is 16.2. The fourth-order valence-corrected chi connectivity index (χ4v) is 2.92. The molecule has 0 saturated carbocycles. The number of primary amides is 1. The average molecular weight is 390 g/mol. The van der Waals surface area contributed by atoms with Crippen LogP contribution < -0.4 is 15.2 Å². The fourth-order valence-electron chi connectivity index (χ4n) is 2.92. The first-order valence-electron chi connectivity index (χ1n) is 9.17. The first-order chi connectivity index (χ1) is 13.4. The molecule has 1 aliphatic rings. The Bertz CT molecular complexity index is 738. The summed E-state index contributed by atoms with van der Waals surface area (Å²) in [5.74, 6) is -0.250. The Kier molecular flexibility index (Phi) is 7.86. The van der Waals surface area contributed by atoms with Gasteiger partial charge in [0.2, 0.25) is 5.91 Å². The number of ether oxygens (including phenoxy) is 3. The molecule has 2 rings (SSSR count). The number of carbonyl (C=O) groups excluding carboxylic acids is 3. The topological polar surface area (TPSA) is 108 Å². The summed E-state index contributed by atoms with van der Waals surface area (Å²) in [5.41, 5.74) is 6.01. The highest BCUT2D eigenvalue weighted by atomic mass is 16.5. The third-order valence-corrected chi connectivity index (χ3v) is 4.49. The van der Waals surface area contributed by atoms with Gasteiger partial charge in [0.25, 0.3) is 5.91 Å². The third-order valence-electron chi connectivity index (χ3n) is 4.49. The second-order valence-corrected chi connectivity index (χ2v) is 6.34. The highest BCUT2D eigenvalue weighted by Gasteiger charge is 2.26. The van der Waals surface area contributed by atoms with E-state index in [2.05, 4.69) is 0 Å². The van der Waals surface area contributed by atoms with Gasteiger partial charge >= 0.3 is 5.97 Å². The van der Waals surface area contributed by atoms with Crippen LogP contribution >= 0.6 is 0 Å². The van der Waals surface area contributed by atoms with Crippen LogP contribution in [0.4, 0.5) is 0 Å². The molecule has 1 aliphatic heterocycles. The van der Waals surface area contributed by atoms with Crippen LogP contribution in [0.25, 0.3) is 6.08 Å². The Morgan fingerprint density at radius 2 is 1.93 bits per heavy atom. The summed E-state index contributed by atoms with van der Waals surface area (Å²) in [6, 6.07) is 5.27. The van der Waals surface area contributed by atoms with Gasteiger partial charge in [0.15, 0.2) is 18.1 Å². The van der Waals surface area contributed by atoms with Crippen LogP contribution in [0.2, 0.25) is 0 Å². The summed E-state index contributed by atoms with van der Waals surface area (Å²) in [4.78, 5) is 36.7. The molecule has 0 aromatic heterocycles. The zero-order valence-corrected chi connectivity index (χ0v) is 16.2. The summed E-state index contributed by atoms with van der Waals surface area (Å²) >= 11 is 0. The van der Waals surface area contributed by atoms with E-state index in [1.165, 1.54) is 6.08 Å². The van der Waals surface area contributed by atoms with E-state index >= 15 is 0 Å². The number of nitrogens with two attached hydrogens (primary N) is 1. The number of nitrogens with zero attached hydrogens (tertiary/aromatic N) is 1. The standard InChI is InChI=1S/C20H26N2O6/c1-3-27-17-12-14(4-6-16(17)26-2)5-7-19(24)28-13-18(23)22-10-8-15(9-11-22)20(21)25/h4-7,12,15H,3,8-11,13H2,1-2H3,(H2,21,25)/b7-5+. The van der Waals surface area contributed by atoms with Crippen LogP contribution in [0.5, 0.6) is 11.5 Å². The number of piperidine rings is 1. The minimum Gasteiger partial charge on any atom is -0.493 e. The number of hydrogen-bond donors (Lipinski definition) is 1. The third kappa shape index (κ3) is 6.00. The highest BCUT2D eigenvalue weighted by Crippen LogP contribution is 2.28. The van der Waals surface area contributed by atoms with Crippen LogP contribution in [0.15, 0.2) is 24.3 Å². The lowest BCUT2D eigenvalue weighted by atomic mass is 9.96. The molecular formula is C20H26N2O6. The lowest BCUT2D eigenvalue weighted by Gasteiger charge is -2.30.